The standard InChI is InChI=1S/C12H21BrO2/c1-2-14-8-9-15-12-7-5-3-4-6-11(13)10-12/h10,12H,2-9H2,1H3. The van der Waals surface area contributed by atoms with Gasteiger partial charge in [0, 0.05) is 6.61 Å². The Morgan fingerprint density at radius 1 is 1.33 bits per heavy atom. The molecule has 0 N–H and O–H groups in total. The molecule has 0 aromatic carbocycles. The van der Waals surface area contributed by atoms with E-state index in [9.17, 15) is 0 Å². The molecule has 0 aromatic heterocycles. The summed E-state index contributed by atoms with van der Waals surface area (Å²) in [5, 5.41) is 0. The van der Waals surface area contributed by atoms with Crippen molar-refractivity contribution in [2.24, 2.45) is 0 Å². The maximum atomic E-state index is 5.76. The first kappa shape index (κ1) is 13.2. The molecule has 1 atom stereocenters. The van der Waals surface area contributed by atoms with Crippen LogP contribution in [0.4, 0.5) is 0 Å². The summed E-state index contributed by atoms with van der Waals surface area (Å²) in [6.07, 6.45) is 8.67. The Bertz CT molecular complexity index is 192. The fourth-order valence-corrected chi connectivity index (χ4v) is 2.29. The number of hydrogen-bond donors (Lipinski definition) is 0. The van der Waals surface area contributed by atoms with Crippen LogP contribution in [0.25, 0.3) is 0 Å². The molecule has 0 bridgehead atoms. The van der Waals surface area contributed by atoms with Crippen molar-refractivity contribution in [3.05, 3.63) is 10.6 Å². The molecule has 0 amide bonds. The van der Waals surface area contributed by atoms with Crippen molar-refractivity contribution in [1.82, 2.24) is 0 Å². The van der Waals surface area contributed by atoms with Crippen LogP contribution in [0.15, 0.2) is 10.6 Å². The molecule has 0 spiro atoms. The molecule has 0 aromatic rings. The Hall–Kier alpha value is 0.140. The molecule has 1 rings (SSSR count). The van der Waals surface area contributed by atoms with Gasteiger partial charge in [-0.3, -0.25) is 0 Å². The van der Waals surface area contributed by atoms with Gasteiger partial charge in [-0.15, -0.1) is 0 Å². The average molecular weight is 277 g/mol. The first-order valence-electron chi connectivity index (χ1n) is 5.88. The zero-order chi connectivity index (χ0) is 10.9. The number of allylic oxidation sites excluding steroid dienone is 1. The van der Waals surface area contributed by atoms with Gasteiger partial charge >= 0.3 is 0 Å². The minimum absolute atomic E-state index is 0.278. The molecule has 0 aliphatic heterocycles. The van der Waals surface area contributed by atoms with E-state index in [1.54, 1.807) is 0 Å². The lowest BCUT2D eigenvalue weighted by molar-refractivity contribution is 0.0225. The number of rotatable bonds is 5. The van der Waals surface area contributed by atoms with Crippen molar-refractivity contribution in [2.75, 3.05) is 19.8 Å². The number of ether oxygens (including phenoxy) is 2. The number of hydrogen-bond acceptors (Lipinski definition) is 2. The fourth-order valence-electron chi connectivity index (χ4n) is 1.72. The Balaban J connectivity index is 2.24. The van der Waals surface area contributed by atoms with Gasteiger partial charge in [0.05, 0.1) is 19.3 Å². The van der Waals surface area contributed by atoms with E-state index >= 15 is 0 Å². The summed E-state index contributed by atoms with van der Waals surface area (Å²) in [7, 11) is 0. The van der Waals surface area contributed by atoms with Gasteiger partial charge in [-0.25, -0.2) is 0 Å². The van der Waals surface area contributed by atoms with E-state index < -0.39 is 0 Å². The molecule has 15 heavy (non-hydrogen) atoms. The molecular weight excluding hydrogens is 256 g/mol. The van der Waals surface area contributed by atoms with Crippen molar-refractivity contribution < 1.29 is 9.47 Å². The predicted octanol–water partition coefficient (Wildman–Crippen LogP) is 3.65. The van der Waals surface area contributed by atoms with Gasteiger partial charge < -0.3 is 9.47 Å². The van der Waals surface area contributed by atoms with Crippen LogP contribution in [0.1, 0.15) is 39.0 Å². The molecule has 1 aliphatic rings. The molecule has 0 fully saturated rings. The zero-order valence-electron chi connectivity index (χ0n) is 9.51. The summed E-state index contributed by atoms with van der Waals surface area (Å²) >= 11 is 3.59. The molecule has 0 radical (unpaired) electrons. The Labute approximate surface area is 101 Å². The van der Waals surface area contributed by atoms with Gasteiger partial charge in [-0.2, -0.15) is 0 Å². The Morgan fingerprint density at radius 3 is 3.00 bits per heavy atom. The topological polar surface area (TPSA) is 18.5 Å². The van der Waals surface area contributed by atoms with E-state index in [-0.39, 0.29) is 6.10 Å². The monoisotopic (exact) mass is 276 g/mol. The molecule has 0 saturated carbocycles. The summed E-state index contributed by atoms with van der Waals surface area (Å²) in [6.45, 7) is 4.19. The van der Waals surface area contributed by atoms with Crippen molar-refractivity contribution in [3.63, 3.8) is 0 Å². The lowest BCUT2D eigenvalue weighted by Crippen LogP contribution is -2.15. The minimum Gasteiger partial charge on any atom is -0.379 e. The van der Waals surface area contributed by atoms with Crippen LogP contribution in [-0.4, -0.2) is 25.9 Å². The summed E-state index contributed by atoms with van der Waals surface area (Å²) in [4.78, 5) is 0. The SMILES string of the molecule is CCOCCOC1C=C(Br)CCCCC1. The predicted molar refractivity (Wildman–Crippen MR) is 66.3 cm³/mol. The first-order chi connectivity index (χ1) is 7.33. The van der Waals surface area contributed by atoms with E-state index in [0.29, 0.717) is 13.2 Å². The van der Waals surface area contributed by atoms with Crippen molar-refractivity contribution in [3.8, 4) is 0 Å². The van der Waals surface area contributed by atoms with Gasteiger partial charge in [0.2, 0.25) is 0 Å². The van der Waals surface area contributed by atoms with E-state index in [4.69, 9.17) is 9.47 Å². The highest BCUT2D eigenvalue weighted by molar-refractivity contribution is 9.11. The summed E-state index contributed by atoms with van der Waals surface area (Å²) in [6, 6.07) is 0. The molecular formula is C12H21BrO2. The Kier molecular flexibility index (Phi) is 7.32. The van der Waals surface area contributed by atoms with Crippen molar-refractivity contribution in [2.45, 2.75) is 45.1 Å². The maximum absolute atomic E-state index is 5.76. The van der Waals surface area contributed by atoms with Crippen LogP contribution >= 0.6 is 15.9 Å². The van der Waals surface area contributed by atoms with Gasteiger partial charge in [0.15, 0.2) is 0 Å². The minimum atomic E-state index is 0.278. The van der Waals surface area contributed by atoms with E-state index in [2.05, 4.69) is 22.0 Å². The van der Waals surface area contributed by atoms with Crippen LogP contribution in [0.5, 0.6) is 0 Å². The molecule has 1 unspecified atom stereocenters. The highest BCUT2D eigenvalue weighted by Crippen LogP contribution is 2.22. The third-order valence-corrected chi connectivity index (χ3v) is 3.20. The average Bonchev–Trinajstić information content (AvgIpc) is 2.19. The third kappa shape index (κ3) is 6.33. The van der Waals surface area contributed by atoms with Gasteiger partial charge in [0.25, 0.3) is 0 Å². The van der Waals surface area contributed by atoms with E-state index in [1.165, 1.54) is 23.7 Å². The molecule has 3 heteroatoms. The van der Waals surface area contributed by atoms with Crippen molar-refractivity contribution >= 4 is 15.9 Å². The second-order valence-corrected chi connectivity index (χ2v) is 4.84. The van der Waals surface area contributed by atoms with Crippen LogP contribution in [-0.2, 0) is 9.47 Å². The highest BCUT2D eigenvalue weighted by atomic mass is 79.9. The second-order valence-electron chi connectivity index (χ2n) is 3.82. The van der Waals surface area contributed by atoms with Crippen LogP contribution in [0, 0.1) is 0 Å². The quantitative estimate of drug-likeness (QED) is 0.714. The Morgan fingerprint density at radius 2 is 2.20 bits per heavy atom. The lowest BCUT2D eigenvalue weighted by Gasteiger charge is -2.17. The van der Waals surface area contributed by atoms with Crippen LogP contribution < -0.4 is 0 Å². The summed E-state index contributed by atoms with van der Waals surface area (Å²) < 4.78 is 12.3. The van der Waals surface area contributed by atoms with Gasteiger partial charge in [0.1, 0.15) is 0 Å². The second kappa shape index (κ2) is 8.31. The molecule has 0 saturated heterocycles. The zero-order valence-corrected chi connectivity index (χ0v) is 11.1. The normalized spacial score (nSPS) is 23.1. The van der Waals surface area contributed by atoms with E-state index in [0.717, 1.165) is 19.4 Å². The maximum Gasteiger partial charge on any atom is 0.0767 e. The largest absolute Gasteiger partial charge is 0.379 e. The van der Waals surface area contributed by atoms with Crippen LogP contribution in [0.2, 0.25) is 0 Å². The molecule has 1 aliphatic carbocycles. The smallest absolute Gasteiger partial charge is 0.0767 e. The third-order valence-electron chi connectivity index (χ3n) is 2.53. The van der Waals surface area contributed by atoms with Crippen LogP contribution in [0.3, 0.4) is 0 Å². The summed E-state index contributed by atoms with van der Waals surface area (Å²) in [5.41, 5.74) is 0. The lowest BCUT2D eigenvalue weighted by atomic mass is 10.0. The molecule has 88 valence electrons. The molecule has 0 heterocycles. The van der Waals surface area contributed by atoms with Crippen molar-refractivity contribution in [1.29, 1.82) is 0 Å². The summed E-state index contributed by atoms with van der Waals surface area (Å²) in [5.74, 6) is 0. The fraction of sp³-hybridized carbons (Fsp3) is 0.833. The molecule has 2 nitrogen and oxygen atoms in total. The van der Waals surface area contributed by atoms with E-state index in [1.807, 2.05) is 6.92 Å². The first-order valence-corrected chi connectivity index (χ1v) is 6.67. The van der Waals surface area contributed by atoms with Gasteiger partial charge in [-0.1, -0.05) is 28.8 Å². The van der Waals surface area contributed by atoms with Gasteiger partial charge in [-0.05, 0) is 36.7 Å². The number of halogens is 1. The highest BCUT2D eigenvalue weighted by Gasteiger charge is 2.09.